The molecule has 0 aromatic carbocycles. The van der Waals surface area contributed by atoms with Crippen molar-refractivity contribution in [3.8, 4) is 6.07 Å². The molecule has 0 aliphatic heterocycles. The van der Waals surface area contributed by atoms with Gasteiger partial charge in [-0.3, -0.25) is 9.59 Å². The van der Waals surface area contributed by atoms with E-state index in [-0.39, 0.29) is 17.2 Å². The number of carbonyl (C=O) groups excluding carboxylic acids is 2. The second-order valence-corrected chi connectivity index (χ2v) is 3.36. The van der Waals surface area contributed by atoms with E-state index in [0.29, 0.717) is 0 Å². The molecule has 5 nitrogen and oxygen atoms in total. The first-order valence-electron chi connectivity index (χ1n) is 4.46. The van der Waals surface area contributed by atoms with Crippen molar-refractivity contribution in [2.45, 2.75) is 20.8 Å². The highest BCUT2D eigenvalue weighted by Gasteiger charge is 2.15. The molecule has 15 heavy (non-hydrogen) atoms. The molecule has 0 unspecified atom stereocenters. The number of allylic oxidation sites excluding steroid dienone is 1. The average molecular weight is 210 g/mol. The molecule has 0 radical (unpaired) electrons. The second kappa shape index (κ2) is 5.81. The fourth-order valence-electron chi connectivity index (χ4n) is 0.746. The lowest BCUT2D eigenvalue weighted by atomic mass is 10.1. The Labute approximate surface area is 88.5 Å². The Morgan fingerprint density at radius 3 is 2.33 bits per heavy atom. The number of esters is 1. The third-order valence-electron chi connectivity index (χ3n) is 1.60. The number of ether oxygens (including phenoxy) is 1. The van der Waals surface area contributed by atoms with Crippen molar-refractivity contribution < 1.29 is 14.3 Å². The molecule has 0 bridgehead atoms. The maximum atomic E-state index is 11.3. The van der Waals surface area contributed by atoms with Crippen molar-refractivity contribution in [2.24, 2.45) is 11.7 Å². The molecule has 0 atom stereocenters. The van der Waals surface area contributed by atoms with Crippen molar-refractivity contribution in [1.29, 1.82) is 5.26 Å². The topological polar surface area (TPSA) is 93.2 Å². The van der Waals surface area contributed by atoms with E-state index in [2.05, 4.69) is 4.74 Å². The van der Waals surface area contributed by atoms with Crippen molar-refractivity contribution in [3.05, 3.63) is 11.3 Å². The highest BCUT2D eigenvalue weighted by atomic mass is 16.5. The van der Waals surface area contributed by atoms with Crippen LogP contribution in [0.15, 0.2) is 11.3 Å². The van der Waals surface area contributed by atoms with Gasteiger partial charge in [0.25, 0.3) is 0 Å². The third kappa shape index (κ3) is 4.27. The zero-order valence-electron chi connectivity index (χ0n) is 9.03. The molecule has 0 spiro atoms. The summed E-state index contributed by atoms with van der Waals surface area (Å²) in [4.78, 5) is 22.3. The number of nitrogens with two attached hydrogens (primary N) is 1. The van der Waals surface area contributed by atoms with Crippen LogP contribution in [-0.4, -0.2) is 18.4 Å². The average Bonchev–Trinajstić information content (AvgIpc) is 2.14. The summed E-state index contributed by atoms with van der Waals surface area (Å²) >= 11 is 0. The molecule has 5 heteroatoms. The van der Waals surface area contributed by atoms with Gasteiger partial charge in [-0.2, -0.15) is 5.26 Å². The molecule has 0 fully saturated rings. The van der Waals surface area contributed by atoms with E-state index in [1.54, 1.807) is 19.9 Å². The number of rotatable bonds is 4. The molecule has 0 heterocycles. The lowest BCUT2D eigenvalue weighted by Gasteiger charge is -2.06. The number of nitrogens with zero attached hydrogens (tertiary/aromatic N) is 1. The van der Waals surface area contributed by atoms with E-state index < -0.39 is 18.4 Å². The quantitative estimate of drug-likeness (QED) is 0.414. The number of Topliss-reactive ketones (excluding diaryl/α,β-unsaturated/α-hetero) is 1. The Balaban J connectivity index is 4.36. The van der Waals surface area contributed by atoms with E-state index in [9.17, 15) is 9.59 Å². The van der Waals surface area contributed by atoms with Gasteiger partial charge >= 0.3 is 5.97 Å². The van der Waals surface area contributed by atoms with E-state index in [0.717, 1.165) is 0 Å². The molecule has 0 aliphatic carbocycles. The van der Waals surface area contributed by atoms with Crippen LogP contribution >= 0.6 is 0 Å². The first-order valence-corrected chi connectivity index (χ1v) is 4.46. The molecular formula is C10H14N2O3. The van der Waals surface area contributed by atoms with Gasteiger partial charge in [0, 0.05) is 5.70 Å². The van der Waals surface area contributed by atoms with Gasteiger partial charge in [0.05, 0.1) is 5.92 Å². The summed E-state index contributed by atoms with van der Waals surface area (Å²) in [6, 6.07) is 1.67. The molecule has 0 aromatic rings. The SMILES string of the molecule is C/C(N)=C(/C#N)C(=O)COC(=O)C(C)C. The lowest BCUT2D eigenvalue weighted by molar-refractivity contribution is -0.150. The molecule has 0 saturated heterocycles. The predicted octanol–water partition coefficient (Wildman–Crippen LogP) is 0.511. The summed E-state index contributed by atoms with van der Waals surface area (Å²) in [6.07, 6.45) is 0. The highest BCUT2D eigenvalue weighted by molar-refractivity contribution is 6.01. The Kier molecular flexibility index (Phi) is 5.10. The fourth-order valence-corrected chi connectivity index (χ4v) is 0.746. The molecule has 2 N–H and O–H groups in total. The Morgan fingerprint density at radius 2 is 2.00 bits per heavy atom. The van der Waals surface area contributed by atoms with Crippen molar-refractivity contribution >= 4 is 11.8 Å². The van der Waals surface area contributed by atoms with Crippen LogP contribution in [0.3, 0.4) is 0 Å². The summed E-state index contributed by atoms with van der Waals surface area (Å²) in [6.45, 7) is 4.32. The number of carbonyl (C=O) groups is 2. The predicted molar refractivity (Wildman–Crippen MR) is 53.3 cm³/mol. The van der Waals surface area contributed by atoms with Gasteiger partial charge in [-0.05, 0) is 6.92 Å². The Morgan fingerprint density at radius 1 is 1.47 bits per heavy atom. The van der Waals surface area contributed by atoms with Crippen LogP contribution in [0.1, 0.15) is 20.8 Å². The molecule has 0 amide bonds. The minimum Gasteiger partial charge on any atom is -0.457 e. The molecule has 0 saturated carbocycles. The first kappa shape index (κ1) is 13.2. The van der Waals surface area contributed by atoms with E-state index >= 15 is 0 Å². The number of ketones is 1. The number of hydrogen-bond acceptors (Lipinski definition) is 5. The van der Waals surface area contributed by atoms with Crippen LogP contribution in [0, 0.1) is 17.2 Å². The monoisotopic (exact) mass is 210 g/mol. The largest absolute Gasteiger partial charge is 0.457 e. The van der Waals surface area contributed by atoms with Crippen LogP contribution in [-0.2, 0) is 14.3 Å². The van der Waals surface area contributed by atoms with E-state index in [4.69, 9.17) is 11.0 Å². The van der Waals surface area contributed by atoms with Crippen LogP contribution in [0.4, 0.5) is 0 Å². The normalized spacial score (nSPS) is 11.7. The van der Waals surface area contributed by atoms with Crippen molar-refractivity contribution in [3.63, 3.8) is 0 Å². The zero-order valence-corrected chi connectivity index (χ0v) is 9.03. The maximum absolute atomic E-state index is 11.3. The van der Waals surface area contributed by atoms with Gasteiger partial charge in [0.15, 0.2) is 6.61 Å². The molecule has 0 aromatic heterocycles. The van der Waals surface area contributed by atoms with Gasteiger partial charge in [0.1, 0.15) is 11.6 Å². The Hall–Kier alpha value is -1.83. The minimum atomic E-state index is -0.577. The van der Waals surface area contributed by atoms with Gasteiger partial charge in [-0.25, -0.2) is 0 Å². The number of hydrogen-bond donors (Lipinski definition) is 1. The summed E-state index contributed by atoms with van der Waals surface area (Å²) in [5, 5.41) is 8.59. The maximum Gasteiger partial charge on any atom is 0.308 e. The van der Waals surface area contributed by atoms with Crippen LogP contribution < -0.4 is 5.73 Å². The molecule has 82 valence electrons. The summed E-state index contributed by atoms with van der Waals surface area (Å²) < 4.78 is 4.67. The summed E-state index contributed by atoms with van der Waals surface area (Å²) in [5.74, 6) is -1.35. The van der Waals surface area contributed by atoms with Crippen molar-refractivity contribution in [1.82, 2.24) is 0 Å². The lowest BCUT2D eigenvalue weighted by Crippen LogP contribution is -2.20. The van der Waals surface area contributed by atoms with Crippen molar-refractivity contribution in [2.75, 3.05) is 6.61 Å². The van der Waals surface area contributed by atoms with Gasteiger partial charge in [-0.15, -0.1) is 0 Å². The second-order valence-electron chi connectivity index (χ2n) is 3.36. The number of nitriles is 1. The van der Waals surface area contributed by atoms with Gasteiger partial charge < -0.3 is 10.5 Å². The fraction of sp³-hybridized carbons (Fsp3) is 0.500. The summed E-state index contributed by atoms with van der Waals surface area (Å²) in [7, 11) is 0. The molecule has 0 aliphatic rings. The van der Waals surface area contributed by atoms with Gasteiger partial charge in [0.2, 0.25) is 5.78 Å². The van der Waals surface area contributed by atoms with E-state index in [1.807, 2.05) is 0 Å². The molecular weight excluding hydrogens is 196 g/mol. The van der Waals surface area contributed by atoms with Gasteiger partial charge in [-0.1, -0.05) is 13.8 Å². The first-order chi connectivity index (χ1) is 6.90. The highest BCUT2D eigenvalue weighted by Crippen LogP contribution is 2.01. The molecule has 0 rings (SSSR count). The minimum absolute atomic E-state index is 0.128. The van der Waals surface area contributed by atoms with E-state index in [1.165, 1.54) is 6.92 Å². The van der Waals surface area contributed by atoms with Crippen LogP contribution in [0.5, 0.6) is 0 Å². The zero-order chi connectivity index (χ0) is 12.0. The smallest absolute Gasteiger partial charge is 0.308 e. The summed E-state index contributed by atoms with van der Waals surface area (Å²) in [5.41, 5.74) is 5.28. The Bertz CT molecular complexity index is 333. The van der Waals surface area contributed by atoms with Crippen LogP contribution in [0.2, 0.25) is 0 Å². The van der Waals surface area contributed by atoms with Crippen LogP contribution in [0.25, 0.3) is 0 Å². The standard InChI is InChI=1S/C10H14N2O3/c1-6(2)10(14)15-5-9(13)8(4-11)7(3)12/h6H,5,12H2,1-3H3/b8-7+. The third-order valence-corrected chi connectivity index (χ3v) is 1.60.